The third kappa shape index (κ3) is 3.57. The maximum Gasteiger partial charge on any atom is 0.0459 e. The monoisotopic (exact) mass is 384 g/mol. The van der Waals surface area contributed by atoms with Crippen LogP contribution in [0.4, 0.5) is 0 Å². The normalized spacial score (nSPS) is 10.8. The highest BCUT2D eigenvalue weighted by Gasteiger charge is 2.35. The van der Waals surface area contributed by atoms with Gasteiger partial charge in [-0.2, -0.15) is 9.90 Å². The lowest BCUT2D eigenvalue weighted by atomic mass is 9.68. The van der Waals surface area contributed by atoms with Crippen molar-refractivity contribution in [3.63, 3.8) is 0 Å². The Morgan fingerprint density at radius 1 is 0.565 bits per heavy atom. The van der Waals surface area contributed by atoms with Gasteiger partial charge in [-0.15, -0.1) is 0 Å². The molecule has 23 heavy (non-hydrogen) atoms. The van der Waals surface area contributed by atoms with E-state index in [1.165, 1.54) is 16.7 Å². The average Bonchev–Trinajstić information content (AvgIpc) is 2.62. The van der Waals surface area contributed by atoms with Gasteiger partial charge in [-0.3, -0.25) is 0 Å². The lowest BCUT2D eigenvalue weighted by Crippen LogP contribution is -2.30. The van der Waals surface area contributed by atoms with Crippen LogP contribution in [0.5, 0.6) is 0 Å². The van der Waals surface area contributed by atoms with Gasteiger partial charge in [0.2, 0.25) is 0 Å². The summed E-state index contributed by atoms with van der Waals surface area (Å²) in [6.45, 7) is 0. The van der Waals surface area contributed by atoms with Crippen molar-refractivity contribution in [2.75, 3.05) is 5.33 Å². The first-order valence-corrected chi connectivity index (χ1v) is 8.72. The molecule has 2 heteroatoms. The molecule has 0 spiro atoms. The Morgan fingerprint density at radius 2 is 0.870 bits per heavy atom. The molecule has 0 aliphatic heterocycles. The zero-order valence-corrected chi connectivity index (χ0v) is 16.2. The SMILES string of the molecule is BrCCC(c1ccccc1)(c1ccccc1)c1ccccc1.P. The highest BCUT2D eigenvalue weighted by atomic mass is 79.9. The molecule has 0 saturated heterocycles. The topological polar surface area (TPSA) is 0 Å². The standard InChI is InChI=1S/C21H19Br.H3P/c22-17-16-21(18-10-4-1-5-11-18,19-12-6-2-7-13-19)20-14-8-3-9-15-20;/h1-15H,16-17H2;1H3. The Bertz CT molecular complexity index is 599. The zero-order chi connectivity index (χ0) is 15.3. The third-order valence-electron chi connectivity index (χ3n) is 4.27. The molecule has 0 radical (unpaired) electrons. The first-order chi connectivity index (χ1) is 10.9. The van der Waals surface area contributed by atoms with Crippen LogP contribution < -0.4 is 0 Å². The minimum atomic E-state index is -0.118. The fourth-order valence-corrected chi connectivity index (χ4v) is 3.84. The molecule has 0 fully saturated rings. The predicted molar refractivity (Wildman–Crippen MR) is 109 cm³/mol. The van der Waals surface area contributed by atoms with Crippen molar-refractivity contribution in [1.82, 2.24) is 0 Å². The van der Waals surface area contributed by atoms with Gasteiger partial charge in [0, 0.05) is 10.7 Å². The van der Waals surface area contributed by atoms with Crippen LogP contribution in [0.25, 0.3) is 0 Å². The van der Waals surface area contributed by atoms with Crippen LogP contribution in [0.2, 0.25) is 0 Å². The van der Waals surface area contributed by atoms with E-state index in [0.717, 1.165) is 11.8 Å². The van der Waals surface area contributed by atoms with E-state index in [1.807, 2.05) is 0 Å². The number of rotatable bonds is 5. The molecule has 1 unspecified atom stereocenters. The molecule has 0 aromatic heterocycles. The summed E-state index contributed by atoms with van der Waals surface area (Å²) in [6.07, 6.45) is 1.02. The molecule has 118 valence electrons. The fraction of sp³-hybridized carbons (Fsp3) is 0.143. The summed E-state index contributed by atoms with van der Waals surface area (Å²) in [5.41, 5.74) is 3.90. The van der Waals surface area contributed by atoms with Crippen molar-refractivity contribution < 1.29 is 0 Å². The molecule has 3 rings (SSSR count). The Hall–Kier alpha value is -1.43. The van der Waals surface area contributed by atoms with Gasteiger partial charge in [-0.25, -0.2) is 0 Å². The second-order valence-corrected chi connectivity index (χ2v) is 6.24. The molecule has 1 atom stereocenters. The number of alkyl halides is 1. The van der Waals surface area contributed by atoms with Crippen LogP contribution in [-0.2, 0) is 5.41 Å². The molecule has 0 nitrogen and oxygen atoms in total. The van der Waals surface area contributed by atoms with Gasteiger partial charge in [-0.05, 0) is 23.1 Å². The van der Waals surface area contributed by atoms with E-state index in [0.29, 0.717) is 0 Å². The predicted octanol–water partition coefficient (Wildman–Crippen LogP) is 5.86. The van der Waals surface area contributed by atoms with E-state index in [4.69, 9.17) is 0 Å². The summed E-state index contributed by atoms with van der Waals surface area (Å²) in [6, 6.07) is 32.5. The molecule has 0 saturated carbocycles. The van der Waals surface area contributed by atoms with Gasteiger partial charge in [0.15, 0.2) is 0 Å². The van der Waals surface area contributed by atoms with Crippen LogP contribution in [0.3, 0.4) is 0 Å². The van der Waals surface area contributed by atoms with E-state index in [1.54, 1.807) is 0 Å². The molecule has 0 aliphatic rings. The molecule has 3 aromatic rings. The van der Waals surface area contributed by atoms with Crippen LogP contribution >= 0.6 is 25.8 Å². The Balaban J connectivity index is 0.00000192. The zero-order valence-electron chi connectivity index (χ0n) is 13.2. The maximum atomic E-state index is 3.68. The number of hydrogen-bond acceptors (Lipinski definition) is 0. The Morgan fingerprint density at radius 3 is 1.13 bits per heavy atom. The molecule has 3 aromatic carbocycles. The number of benzene rings is 3. The average molecular weight is 385 g/mol. The maximum absolute atomic E-state index is 3.68. The van der Waals surface area contributed by atoms with E-state index >= 15 is 0 Å². The highest BCUT2D eigenvalue weighted by molar-refractivity contribution is 9.09. The minimum Gasteiger partial charge on any atom is -0.153 e. The molecule has 0 amide bonds. The van der Waals surface area contributed by atoms with Gasteiger partial charge in [-0.1, -0.05) is 107 Å². The first kappa shape index (κ1) is 17.9. The minimum absolute atomic E-state index is 0. The quantitative estimate of drug-likeness (QED) is 0.293. The lowest BCUT2D eigenvalue weighted by Gasteiger charge is -2.35. The van der Waals surface area contributed by atoms with Crippen LogP contribution in [0, 0.1) is 0 Å². The van der Waals surface area contributed by atoms with Crippen LogP contribution in [-0.4, -0.2) is 5.33 Å². The van der Waals surface area contributed by atoms with Crippen molar-refractivity contribution in [3.05, 3.63) is 108 Å². The van der Waals surface area contributed by atoms with Crippen molar-refractivity contribution in [3.8, 4) is 0 Å². The number of hydrogen-bond donors (Lipinski definition) is 0. The Kier molecular flexibility index (Phi) is 6.57. The van der Waals surface area contributed by atoms with Crippen molar-refractivity contribution in [2.24, 2.45) is 0 Å². The van der Waals surface area contributed by atoms with E-state index in [9.17, 15) is 0 Å². The molecule has 0 aliphatic carbocycles. The largest absolute Gasteiger partial charge is 0.153 e. The smallest absolute Gasteiger partial charge is 0.0459 e. The summed E-state index contributed by atoms with van der Waals surface area (Å²) < 4.78 is 0. The molecular weight excluding hydrogens is 363 g/mol. The first-order valence-electron chi connectivity index (χ1n) is 7.60. The van der Waals surface area contributed by atoms with Gasteiger partial charge in [0.1, 0.15) is 0 Å². The van der Waals surface area contributed by atoms with Crippen LogP contribution in [0.1, 0.15) is 23.1 Å². The van der Waals surface area contributed by atoms with Gasteiger partial charge < -0.3 is 0 Å². The van der Waals surface area contributed by atoms with Gasteiger partial charge in [0.05, 0.1) is 0 Å². The van der Waals surface area contributed by atoms with E-state index < -0.39 is 0 Å². The second-order valence-electron chi connectivity index (χ2n) is 5.44. The molecule has 0 N–H and O–H groups in total. The van der Waals surface area contributed by atoms with Gasteiger partial charge >= 0.3 is 0 Å². The summed E-state index contributed by atoms with van der Waals surface area (Å²) >= 11 is 3.68. The number of halogens is 1. The highest BCUT2D eigenvalue weighted by Crippen LogP contribution is 2.42. The van der Waals surface area contributed by atoms with Gasteiger partial charge in [0.25, 0.3) is 0 Å². The summed E-state index contributed by atoms with van der Waals surface area (Å²) in [4.78, 5) is 0. The third-order valence-corrected chi connectivity index (χ3v) is 4.67. The van der Waals surface area contributed by atoms with Crippen molar-refractivity contribution in [2.45, 2.75) is 11.8 Å². The van der Waals surface area contributed by atoms with E-state index in [-0.39, 0.29) is 15.3 Å². The summed E-state index contributed by atoms with van der Waals surface area (Å²) in [5, 5.41) is 0.950. The Labute approximate surface area is 150 Å². The molecular formula is C21H22BrP. The summed E-state index contributed by atoms with van der Waals surface area (Å²) in [5.74, 6) is 0. The fourth-order valence-electron chi connectivity index (χ4n) is 3.24. The molecule has 0 bridgehead atoms. The van der Waals surface area contributed by atoms with Crippen LogP contribution in [0.15, 0.2) is 91.0 Å². The lowest BCUT2D eigenvalue weighted by molar-refractivity contribution is 0.601. The second kappa shape index (κ2) is 8.43. The van der Waals surface area contributed by atoms with Crippen molar-refractivity contribution in [1.29, 1.82) is 0 Å². The summed E-state index contributed by atoms with van der Waals surface area (Å²) in [7, 11) is 0. The van der Waals surface area contributed by atoms with E-state index in [2.05, 4.69) is 107 Å². The van der Waals surface area contributed by atoms with Crippen molar-refractivity contribution >= 4 is 25.8 Å². The molecule has 0 heterocycles.